The smallest absolute Gasteiger partial charge is 0.136 e. The number of anilines is 1. The summed E-state index contributed by atoms with van der Waals surface area (Å²) < 4.78 is 0. The van der Waals surface area contributed by atoms with Crippen molar-refractivity contribution in [3.63, 3.8) is 0 Å². The molecule has 1 aliphatic rings. The van der Waals surface area contributed by atoms with Crippen molar-refractivity contribution in [3.05, 3.63) is 76.3 Å². The van der Waals surface area contributed by atoms with Crippen LogP contribution in [0.25, 0.3) is 11.1 Å². The second-order valence-corrected chi connectivity index (χ2v) is 6.93. The van der Waals surface area contributed by atoms with Crippen LogP contribution in [0.5, 0.6) is 0 Å². The number of benzene rings is 2. The Bertz CT molecular complexity index is 1160. The lowest BCUT2D eigenvalue weighted by atomic mass is 9.83. The molecule has 0 amide bonds. The van der Waals surface area contributed by atoms with Crippen molar-refractivity contribution in [2.75, 3.05) is 11.9 Å². The lowest BCUT2D eigenvalue weighted by Crippen LogP contribution is -2.23. The fourth-order valence-electron chi connectivity index (χ4n) is 3.55. The Kier molecular flexibility index (Phi) is 4.55. The molecule has 2 aromatic carbocycles. The van der Waals surface area contributed by atoms with Crippen LogP contribution < -0.4 is 15.3 Å². The van der Waals surface area contributed by atoms with E-state index in [0.29, 0.717) is 10.8 Å². The summed E-state index contributed by atoms with van der Waals surface area (Å²) in [7, 11) is 2.01. The van der Waals surface area contributed by atoms with Crippen LogP contribution in [-0.4, -0.2) is 7.05 Å². The molecule has 0 bridgehead atoms. The Labute approximate surface area is 158 Å². The molecule has 0 atom stereocenters. The van der Waals surface area contributed by atoms with E-state index in [1.807, 2.05) is 37.4 Å². The molecular weight excluding hydrogens is 332 g/mol. The molecule has 27 heavy (non-hydrogen) atoms. The zero-order valence-electron chi connectivity index (χ0n) is 15.5. The molecule has 2 aromatic rings. The molecule has 3 rings (SSSR count). The SMILES string of the molecule is CN1/C(=C/C(C#N)=c2ccc(=C(C#N)C#N)cc2)C(C)(C)c2ccccc21. The zero-order valence-corrected chi connectivity index (χ0v) is 15.5. The van der Waals surface area contributed by atoms with E-state index in [1.165, 1.54) is 5.56 Å². The maximum absolute atomic E-state index is 9.72. The van der Waals surface area contributed by atoms with Gasteiger partial charge < -0.3 is 4.90 Å². The number of hydrogen-bond donors (Lipinski definition) is 0. The first-order valence-corrected chi connectivity index (χ1v) is 8.54. The van der Waals surface area contributed by atoms with Crippen LogP contribution >= 0.6 is 0 Å². The van der Waals surface area contributed by atoms with Crippen molar-refractivity contribution in [1.29, 1.82) is 15.8 Å². The maximum atomic E-state index is 9.72. The number of nitrogens with zero attached hydrogens (tertiary/aromatic N) is 4. The molecule has 0 radical (unpaired) electrons. The van der Waals surface area contributed by atoms with E-state index in [4.69, 9.17) is 10.5 Å². The number of rotatable bonds is 1. The third-order valence-corrected chi connectivity index (χ3v) is 5.05. The van der Waals surface area contributed by atoms with E-state index in [-0.39, 0.29) is 11.0 Å². The van der Waals surface area contributed by atoms with Gasteiger partial charge in [-0.05, 0) is 22.9 Å². The Morgan fingerprint density at radius 1 is 0.889 bits per heavy atom. The molecule has 0 unspecified atom stereocenters. The summed E-state index contributed by atoms with van der Waals surface area (Å²) in [5, 5.41) is 29.0. The fourth-order valence-corrected chi connectivity index (χ4v) is 3.55. The summed E-state index contributed by atoms with van der Waals surface area (Å²) in [5.74, 6) is 0. The first-order chi connectivity index (χ1) is 12.9. The minimum atomic E-state index is -0.212. The lowest BCUT2D eigenvalue weighted by Gasteiger charge is -2.24. The quantitative estimate of drug-likeness (QED) is 0.792. The Hall–Kier alpha value is -3.81. The van der Waals surface area contributed by atoms with Gasteiger partial charge in [-0.15, -0.1) is 0 Å². The van der Waals surface area contributed by atoms with Crippen molar-refractivity contribution in [2.24, 2.45) is 0 Å². The number of fused-ring (bicyclic) bond motifs is 1. The van der Waals surface area contributed by atoms with E-state index in [0.717, 1.165) is 16.6 Å². The molecule has 0 aliphatic carbocycles. The number of hydrogen-bond acceptors (Lipinski definition) is 4. The average molecular weight is 350 g/mol. The molecule has 0 saturated heterocycles. The van der Waals surface area contributed by atoms with Crippen LogP contribution in [0.3, 0.4) is 0 Å². The Morgan fingerprint density at radius 3 is 2.04 bits per heavy atom. The highest BCUT2D eigenvalue weighted by Gasteiger charge is 2.38. The number of para-hydroxylation sites is 1. The predicted molar refractivity (Wildman–Crippen MR) is 105 cm³/mol. The fraction of sp³-hybridized carbons (Fsp3) is 0.174. The number of allylic oxidation sites excluding steroid dienone is 2. The van der Waals surface area contributed by atoms with Crippen molar-refractivity contribution < 1.29 is 0 Å². The van der Waals surface area contributed by atoms with E-state index in [1.54, 1.807) is 24.3 Å². The molecule has 1 heterocycles. The van der Waals surface area contributed by atoms with E-state index in [9.17, 15) is 5.26 Å². The zero-order chi connectivity index (χ0) is 19.6. The second-order valence-electron chi connectivity index (χ2n) is 6.93. The lowest BCUT2D eigenvalue weighted by molar-refractivity contribution is 0.640. The van der Waals surface area contributed by atoms with Crippen molar-refractivity contribution in [2.45, 2.75) is 19.3 Å². The first kappa shape index (κ1) is 18.0. The van der Waals surface area contributed by atoms with Gasteiger partial charge in [0, 0.05) is 29.1 Å². The van der Waals surface area contributed by atoms with Gasteiger partial charge in [0.2, 0.25) is 0 Å². The van der Waals surface area contributed by atoms with Crippen molar-refractivity contribution in [1.82, 2.24) is 0 Å². The highest BCUT2D eigenvalue weighted by Crippen LogP contribution is 2.46. The summed E-state index contributed by atoms with van der Waals surface area (Å²) in [5.41, 5.74) is 3.81. The predicted octanol–water partition coefficient (Wildman–Crippen LogP) is 2.87. The molecule has 0 spiro atoms. The highest BCUT2D eigenvalue weighted by molar-refractivity contribution is 5.78. The standard InChI is InChI=1S/C23H18N4/c1-23(2)20-6-4-5-7-21(20)27(3)22(23)12-18(13-24)16-8-10-17(11-9-16)19(14-25)15-26/h4-12H,1-3H3/b22-12+. The first-order valence-electron chi connectivity index (χ1n) is 8.54. The monoisotopic (exact) mass is 350 g/mol. The van der Waals surface area contributed by atoms with Gasteiger partial charge >= 0.3 is 0 Å². The summed E-state index contributed by atoms with van der Waals surface area (Å²) in [6, 6.07) is 21.2. The molecular formula is C23H18N4. The Balaban J connectivity index is 2.18. The second kappa shape index (κ2) is 6.83. The van der Waals surface area contributed by atoms with Gasteiger partial charge in [0.05, 0.1) is 11.6 Å². The third-order valence-electron chi connectivity index (χ3n) is 5.05. The molecule has 130 valence electrons. The minimum absolute atomic E-state index is 0.0607. The van der Waals surface area contributed by atoms with Gasteiger partial charge in [-0.25, -0.2) is 0 Å². The van der Waals surface area contributed by atoms with E-state index >= 15 is 0 Å². The van der Waals surface area contributed by atoms with Gasteiger partial charge in [-0.3, -0.25) is 0 Å². The Morgan fingerprint density at radius 2 is 1.48 bits per heavy atom. The van der Waals surface area contributed by atoms with E-state index in [2.05, 4.69) is 36.9 Å². The molecule has 0 fully saturated rings. The van der Waals surface area contributed by atoms with Crippen LogP contribution in [0.1, 0.15) is 19.4 Å². The van der Waals surface area contributed by atoms with Gasteiger partial charge in [0.15, 0.2) is 0 Å². The molecule has 1 aliphatic heterocycles. The normalized spacial score (nSPS) is 15.4. The van der Waals surface area contributed by atoms with Crippen molar-refractivity contribution >= 4 is 16.8 Å². The molecule has 0 saturated carbocycles. The summed E-state index contributed by atoms with van der Waals surface area (Å²) in [6.45, 7) is 4.31. The van der Waals surface area contributed by atoms with Crippen molar-refractivity contribution in [3.8, 4) is 18.2 Å². The van der Waals surface area contributed by atoms with E-state index < -0.39 is 0 Å². The largest absolute Gasteiger partial charge is 0.347 e. The van der Waals surface area contributed by atoms with Gasteiger partial charge in [-0.2, -0.15) is 15.8 Å². The van der Waals surface area contributed by atoms with Crippen LogP contribution in [0.15, 0.2) is 60.3 Å². The van der Waals surface area contributed by atoms with Crippen LogP contribution in [0.2, 0.25) is 0 Å². The van der Waals surface area contributed by atoms with Gasteiger partial charge in [-0.1, -0.05) is 56.3 Å². The number of likely N-dealkylation sites (N-methyl/N-ethyl adjacent to an activating group) is 1. The van der Waals surface area contributed by atoms with Crippen LogP contribution in [0.4, 0.5) is 5.69 Å². The minimum Gasteiger partial charge on any atom is -0.347 e. The summed E-state index contributed by atoms with van der Waals surface area (Å²) in [6.07, 6.45) is 1.92. The highest BCUT2D eigenvalue weighted by atomic mass is 15.2. The molecule has 0 aromatic heterocycles. The van der Waals surface area contributed by atoms with Crippen LogP contribution in [0, 0.1) is 34.0 Å². The molecule has 0 N–H and O–H groups in total. The topological polar surface area (TPSA) is 74.6 Å². The van der Waals surface area contributed by atoms with Gasteiger partial charge in [0.1, 0.15) is 17.7 Å². The molecule has 4 heteroatoms. The average Bonchev–Trinajstić information content (AvgIpc) is 2.88. The summed E-state index contributed by atoms with van der Waals surface area (Å²) in [4.78, 5) is 2.12. The third kappa shape index (κ3) is 2.97. The number of nitriles is 3. The summed E-state index contributed by atoms with van der Waals surface area (Å²) >= 11 is 0. The van der Waals surface area contributed by atoms with Crippen LogP contribution in [-0.2, 0) is 5.41 Å². The van der Waals surface area contributed by atoms with Gasteiger partial charge in [0.25, 0.3) is 0 Å². The molecule has 4 nitrogen and oxygen atoms in total. The maximum Gasteiger partial charge on any atom is 0.136 e.